The monoisotopic (exact) mass is 780 g/mol. The van der Waals surface area contributed by atoms with Gasteiger partial charge in [-0.3, -0.25) is 0 Å². The molecule has 0 unspecified atom stereocenters. The molecule has 0 bridgehead atoms. The van der Waals surface area contributed by atoms with Gasteiger partial charge in [-0.2, -0.15) is 12.1 Å². The van der Waals surface area contributed by atoms with Gasteiger partial charge in [0.25, 0.3) is 0 Å². The third-order valence-corrected chi connectivity index (χ3v) is 8.39. The van der Waals surface area contributed by atoms with E-state index in [4.69, 9.17) is 0 Å². The molecule has 0 aromatic heterocycles. The molecule has 0 spiro atoms. The van der Waals surface area contributed by atoms with Crippen molar-refractivity contribution in [2.24, 2.45) is 0 Å². The van der Waals surface area contributed by atoms with E-state index >= 15 is 0 Å². The summed E-state index contributed by atoms with van der Waals surface area (Å²) in [4.78, 5) is 0. The maximum Gasteiger partial charge on any atom is -0.0114 e. The van der Waals surface area contributed by atoms with Crippen molar-refractivity contribution in [3.8, 4) is 44.5 Å². The van der Waals surface area contributed by atoms with Crippen molar-refractivity contribution in [1.29, 1.82) is 0 Å². The quantitative estimate of drug-likeness (QED) is 0.131. The third-order valence-electron chi connectivity index (χ3n) is 8.39. The summed E-state index contributed by atoms with van der Waals surface area (Å²) >= 11 is 1.74. The molecule has 248 valence electrons. The number of benzene rings is 6. The van der Waals surface area contributed by atoms with Crippen LogP contribution in [-0.4, -0.2) is 5.43 Å². The van der Waals surface area contributed by atoms with E-state index in [1.807, 2.05) is 0 Å². The number of halogens is 2. The van der Waals surface area contributed by atoms with Gasteiger partial charge in [-0.1, -0.05) is 146 Å². The molecular weight excluding hydrogens is 743 g/mol. The first-order valence-corrected chi connectivity index (χ1v) is 22.7. The van der Waals surface area contributed by atoms with E-state index in [1.54, 1.807) is 23.3 Å². The number of fused-ring (bicyclic) bond motifs is 2. The summed E-state index contributed by atoms with van der Waals surface area (Å²) in [7, 11) is 0. The van der Waals surface area contributed by atoms with Crippen LogP contribution in [0.15, 0.2) is 170 Å². The maximum atomic E-state index is 2.31. The van der Waals surface area contributed by atoms with Gasteiger partial charge in [0.1, 0.15) is 0 Å². The van der Waals surface area contributed by atoms with Crippen molar-refractivity contribution in [2.75, 3.05) is 0 Å². The number of aryl methyl sites for hydroxylation is 2. The standard InChI is InChI=1S/2C22H17.C2H6Si.2ClH.Zr/c2*1-16-14-18-10-7-13-21(22(18)15-16)20-12-6-5-11-19(20)17-8-3-2-4-9-17;1-3-2;;;/h2*2-15H,1H3;1-2H3;2*1H;/q2*-1;;;;+2/p-2. The first-order valence-electron chi connectivity index (χ1n) is 16.5. The molecule has 0 nitrogen and oxygen atoms in total. The summed E-state index contributed by atoms with van der Waals surface area (Å²) in [5, 5.41) is 5.31. The number of hydrogen-bond acceptors (Lipinski definition) is 0. The molecule has 0 aliphatic heterocycles. The van der Waals surface area contributed by atoms with E-state index in [1.165, 1.54) is 77.2 Å². The Bertz CT molecular complexity index is 2140. The summed E-state index contributed by atoms with van der Waals surface area (Å²) in [6.07, 6.45) is 0. The molecule has 0 fully saturated rings. The van der Waals surface area contributed by atoms with Gasteiger partial charge < -0.3 is 24.8 Å². The molecule has 0 amide bonds. The normalized spacial score (nSPS) is 10.2. The van der Waals surface area contributed by atoms with Crippen LogP contribution in [0, 0.1) is 13.8 Å². The van der Waals surface area contributed by atoms with Crippen molar-refractivity contribution in [3.05, 3.63) is 181 Å². The molecule has 0 radical (unpaired) electrons. The van der Waals surface area contributed by atoms with Crippen LogP contribution in [-0.2, 0) is 23.3 Å². The molecule has 4 heteroatoms. The molecule has 8 aromatic carbocycles. The first-order chi connectivity index (χ1) is 23.4. The van der Waals surface area contributed by atoms with Crippen molar-refractivity contribution in [1.82, 2.24) is 0 Å². The zero-order chi connectivity index (χ0) is 33.5. The Hall–Kier alpha value is -3.78. The molecule has 8 rings (SSSR count). The molecule has 0 heterocycles. The Kier molecular flexibility index (Phi) is 14.4. The predicted octanol–water partition coefficient (Wildman–Crippen LogP) is 7.19. The van der Waals surface area contributed by atoms with E-state index in [0.717, 1.165) is 0 Å². The van der Waals surface area contributed by atoms with E-state index in [9.17, 15) is 0 Å². The van der Waals surface area contributed by atoms with Gasteiger partial charge in [0.2, 0.25) is 0 Å². The van der Waals surface area contributed by atoms with Crippen LogP contribution >= 0.6 is 0 Å². The minimum Gasteiger partial charge on any atom is -1.00 e. The molecule has 0 saturated carbocycles. The Balaban J connectivity index is 0.000000196. The molecule has 0 aliphatic carbocycles. The molecule has 8 aromatic rings. The number of rotatable bonds is 4. The van der Waals surface area contributed by atoms with Gasteiger partial charge >= 0.3 is 41.9 Å². The van der Waals surface area contributed by atoms with Gasteiger partial charge in [-0.15, -0.1) is 69.1 Å². The molecule has 50 heavy (non-hydrogen) atoms. The van der Waals surface area contributed by atoms with Gasteiger partial charge in [0.05, 0.1) is 0 Å². The zero-order valence-corrected chi connectivity index (χ0v) is 33.9. The predicted molar refractivity (Wildman–Crippen MR) is 208 cm³/mol. The van der Waals surface area contributed by atoms with Crippen LogP contribution in [0.25, 0.3) is 66.1 Å². The van der Waals surface area contributed by atoms with Gasteiger partial charge in [0.15, 0.2) is 0 Å². The van der Waals surface area contributed by atoms with E-state index in [-0.39, 0.29) is 30.2 Å². The van der Waals surface area contributed by atoms with E-state index < -0.39 is 0 Å². The van der Waals surface area contributed by atoms with Crippen LogP contribution in [0.1, 0.15) is 11.1 Å². The Morgan fingerprint density at radius 3 is 1.06 bits per heavy atom. The molecule has 0 saturated heterocycles. The first kappa shape index (κ1) is 39.0. The van der Waals surface area contributed by atoms with Crippen molar-refractivity contribution >= 4 is 27.0 Å². The topological polar surface area (TPSA) is 0 Å². The average molecular weight is 783 g/mol. The van der Waals surface area contributed by atoms with E-state index in [2.05, 4.69) is 197 Å². The van der Waals surface area contributed by atoms with Crippen molar-refractivity contribution < 1.29 is 48.1 Å². The third kappa shape index (κ3) is 9.30. The van der Waals surface area contributed by atoms with Crippen LogP contribution < -0.4 is 24.8 Å². The number of hydrogen-bond donors (Lipinski definition) is 0. The molecule has 0 N–H and O–H groups in total. The summed E-state index contributed by atoms with van der Waals surface area (Å²) < 4.78 is 0. The van der Waals surface area contributed by atoms with Gasteiger partial charge in [-0.25, -0.2) is 0 Å². The second-order valence-corrected chi connectivity index (χ2v) is 21.9. The van der Waals surface area contributed by atoms with Crippen LogP contribution in [0.3, 0.4) is 0 Å². The fourth-order valence-electron chi connectivity index (χ4n) is 6.41. The van der Waals surface area contributed by atoms with Gasteiger partial charge in [0, 0.05) is 0 Å². The fourth-order valence-corrected chi connectivity index (χ4v) is 6.41. The Morgan fingerprint density at radius 1 is 0.400 bits per heavy atom. The summed E-state index contributed by atoms with van der Waals surface area (Å²) in [5.41, 5.74) is 13.2. The maximum absolute atomic E-state index is 2.31. The smallest absolute Gasteiger partial charge is 0.0114 e. The van der Waals surface area contributed by atoms with Gasteiger partial charge in [-0.05, 0) is 33.4 Å². The second kappa shape index (κ2) is 18.5. The van der Waals surface area contributed by atoms with Crippen LogP contribution in [0.4, 0.5) is 0 Å². The van der Waals surface area contributed by atoms with Crippen LogP contribution in [0.5, 0.6) is 0 Å². The largest absolute Gasteiger partial charge is 1.00 e. The summed E-state index contributed by atoms with van der Waals surface area (Å²) in [6.45, 7) is 8.94. The van der Waals surface area contributed by atoms with Crippen molar-refractivity contribution in [3.63, 3.8) is 0 Å². The van der Waals surface area contributed by atoms with E-state index in [0.29, 0.717) is 0 Å². The SMILES string of the molecule is C[Si](C)=[Zr+2].Cc1cc2c(-c3ccccc3-c3ccccc3)cccc2[cH-]1.Cc1cc2c(-c3ccccc3-c3ccccc3)cccc2[cH-]1.[Cl-].[Cl-]. The molecule has 0 atom stereocenters. The zero-order valence-electron chi connectivity index (χ0n) is 28.9. The Morgan fingerprint density at radius 2 is 0.700 bits per heavy atom. The van der Waals surface area contributed by atoms with Crippen molar-refractivity contribution in [2.45, 2.75) is 26.9 Å². The molecular formula is C46H40Cl2SiZr-2. The fraction of sp³-hybridized carbons (Fsp3) is 0.0870. The Labute approximate surface area is 325 Å². The summed E-state index contributed by atoms with van der Waals surface area (Å²) in [6, 6.07) is 60.8. The molecule has 0 aliphatic rings. The second-order valence-electron chi connectivity index (χ2n) is 12.5. The summed E-state index contributed by atoms with van der Waals surface area (Å²) in [5.74, 6) is 0. The minimum atomic E-state index is 0. The average Bonchev–Trinajstić information content (AvgIpc) is 3.70. The van der Waals surface area contributed by atoms with Crippen LogP contribution in [0.2, 0.25) is 13.1 Å². The minimum absolute atomic E-state index is 0.